The zero-order chi connectivity index (χ0) is 13.9. The molecular weight excluding hydrogens is 240 g/mol. The van der Waals surface area contributed by atoms with Gasteiger partial charge in [-0.25, -0.2) is 0 Å². The lowest BCUT2D eigenvalue weighted by Gasteiger charge is -2.39. The molecule has 4 atom stereocenters. The Kier molecular flexibility index (Phi) is 4.91. The molecule has 2 rings (SSSR count). The van der Waals surface area contributed by atoms with Crippen molar-refractivity contribution in [1.82, 2.24) is 0 Å². The highest BCUT2D eigenvalue weighted by Crippen LogP contribution is 2.42. The quantitative estimate of drug-likeness (QED) is 0.568. The fourth-order valence-electron chi connectivity index (χ4n) is 2.95. The first-order valence-electron chi connectivity index (χ1n) is 7.97. The molecule has 3 nitrogen and oxygen atoms in total. The van der Waals surface area contributed by atoms with Crippen LogP contribution < -0.4 is 0 Å². The van der Waals surface area contributed by atoms with Gasteiger partial charge in [0, 0.05) is 0 Å². The maximum atomic E-state index is 6.63. The molecule has 2 aliphatic rings. The molecule has 2 aliphatic heterocycles. The standard InChI is InChI=1S/C16H30O3/c1-5-7-9-15(3,13-11-17-13)19-16(4,10-8-6-2)14-12-18-14/h13-14H,5-12H2,1-4H3. The summed E-state index contributed by atoms with van der Waals surface area (Å²) in [5.74, 6) is 0. The predicted octanol–water partition coefficient (Wildman–Crippen LogP) is 3.70. The van der Waals surface area contributed by atoms with Crippen LogP contribution in [0.15, 0.2) is 0 Å². The first kappa shape index (κ1) is 15.3. The lowest BCUT2D eigenvalue weighted by molar-refractivity contribution is -0.167. The molecule has 19 heavy (non-hydrogen) atoms. The van der Waals surface area contributed by atoms with Gasteiger partial charge in [0.2, 0.25) is 0 Å². The van der Waals surface area contributed by atoms with Gasteiger partial charge < -0.3 is 14.2 Å². The average molecular weight is 270 g/mol. The van der Waals surface area contributed by atoms with Crippen molar-refractivity contribution in [3.8, 4) is 0 Å². The molecule has 2 fully saturated rings. The van der Waals surface area contributed by atoms with Crippen LogP contribution in [0.25, 0.3) is 0 Å². The van der Waals surface area contributed by atoms with E-state index in [9.17, 15) is 0 Å². The fourth-order valence-corrected chi connectivity index (χ4v) is 2.95. The second-order valence-electron chi connectivity index (χ2n) is 6.58. The second kappa shape index (κ2) is 6.11. The van der Waals surface area contributed by atoms with Gasteiger partial charge in [0.1, 0.15) is 12.2 Å². The molecule has 3 heteroatoms. The van der Waals surface area contributed by atoms with Crippen LogP contribution in [0.3, 0.4) is 0 Å². The third kappa shape index (κ3) is 3.93. The van der Waals surface area contributed by atoms with Crippen molar-refractivity contribution in [3.63, 3.8) is 0 Å². The summed E-state index contributed by atoms with van der Waals surface area (Å²) in [7, 11) is 0. The highest BCUT2D eigenvalue weighted by Gasteiger charge is 2.52. The van der Waals surface area contributed by atoms with Crippen molar-refractivity contribution >= 4 is 0 Å². The summed E-state index contributed by atoms with van der Waals surface area (Å²) < 4.78 is 17.7. The predicted molar refractivity (Wildman–Crippen MR) is 76.4 cm³/mol. The minimum absolute atomic E-state index is 0.134. The van der Waals surface area contributed by atoms with E-state index in [0.717, 1.165) is 26.1 Å². The molecule has 0 aromatic rings. The SMILES string of the molecule is CCCCC(C)(OC(C)(CCCC)C1CO1)C1CO1. The molecule has 2 heterocycles. The van der Waals surface area contributed by atoms with E-state index in [-0.39, 0.29) is 11.2 Å². The van der Waals surface area contributed by atoms with E-state index in [1.165, 1.54) is 25.7 Å². The van der Waals surface area contributed by atoms with Crippen molar-refractivity contribution in [2.24, 2.45) is 0 Å². The fraction of sp³-hybridized carbons (Fsp3) is 1.00. The summed E-state index contributed by atoms with van der Waals surface area (Å²) >= 11 is 0. The first-order valence-corrected chi connectivity index (χ1v) is 7.97. The summed E-state index contributed by atoms with van der Waals surface area (Å²) in [6.45, 7) is 10.6. The molecule has 0 radical (unpaired) electrons. The summed E-state index contributed by atoms with van der Waals surface area (Å²) in [5.41, 5.74) is -0.269. The molecule has 0 amide bonds. The number of ether oxygens (including phenoxy) is 3. The van der Waals surface area contributed by atoms with Crippen molar-refractivity contribution in [2.75, 3.05) is 13.2 Å². The van der Waals surface area contributed by atoms with Crippen LogP contribution in [-0.4, -0.2) is 36.6 Å². The largest absolute Gasteiger partial charge is 0.370 e. The molecule has 4 unspecified atom stereocenters. The maximum Gasteiger partial charge on any atom is 0.110 e. The molecule has 0 aromatic heterocycles. The Labute approximate surface area is 118 Å². The van der Waals surface area contributed by atoms with E-state index in [1.54, 1.807) is 0 Å². The summed E-state index contributed by atoms with van der Waals surface area (Å²) in [6.07, 6.45) is 7.56. The van der Waals surface area contributed by atoms with Gasteiger partial charge in [-0.05, 0) is 26.7 Å². The van der Waals surface area contributed by atoms with Gasteiger partial charge in [-0.3, -0.25) is 0 Å². The van der Waals surface area contributed by atoms with E-state index < -0.39 is 0 Å². The van der Waals surface area contributed by atoms with Crippen LogP contribution in [0, 0.1) is 0 Å². The number of rotatable bonds is 10. The van der Waals surface area contributed by atoms with E-state index in [4.69, 9.17) is 14.2 Å². The Bertz CT molecular complexity index is 258. The molecule has 0 aliphatic carbocycles. The Hall–Kier alpha value is -0.120. The van der Waals surface area contributed by atoms with Crippen molar-refractivity contribution < 1.29 is 14.2 Å². The molecule has 0 bridgehead atoms. The number of hydrogen-bond donors (Lipinski definition) is 0. The molecule has 112 valence electrons. The smallest absolute Gasteiger partial charge is 0.110 e. The van der Waals surface area contributed by atoms with Gasteiger partial charge in [0.25, 0.3) is 0 Å². The Balaban J connectivity index is 1.99. The van der Waals surface area contributed by atoms with Crippen LogP contribution in [-0.2, 0) is 14.2 Å². The second-order valence-corrected chi connectivity index (χ2v) is 6.58. The Morgan fingerprint density at radius 3 is 1.53 bits per heavy atom. The third-order valence-electron chi connectivity index (χ3n) is 4.55. The first-order chi connectivity index (χ1) is 9.04. The van der Waals surface area contributed by atoms with Crippen LogP contribution >= 0.6 is 0 Å². The molecular formula is C16H30O3. The van der Waals surface area contributed by atoms with Crippen molar-refractivity contribution in [2.45, 2.75) is 89.6 Å². The molecule has 2 saturated heterocycles. The molecule has 0 N–H and O–H groups in total. The van der Waals surface area contributed by atoms with Crippen molar-refractivity contribution in [3.05, 3.63) is 0 Å². The minimum Gasteiger partial charge on any atom is -0.370 e. The minimum atomic E-state index is -0.134. The summed E-state index contributed by atoms with van der Waals surface area (Å²) in [5, 5.41) is 0. The molecule has 0 aromatic carbocycles. The highest BCUT2D eigenvalue weighted by molar-refractivity contribution is 5.00. The van der Waals surface area contributed by atoms with Crippen LogP contribution in [0.1, 0.15) is 66.2 Å². The van der Waals surface area contributed by atoms with Gasteiger partial charge in [-0.1, -0.05) is 39.5 Å². The van der Waals surface area contributed by atoms with Gasteiger partial charge in [-0.15, -0.1) is 0 Å². The van der Waals surface area contributed by atoms with Gasteiger partial charge in [0.15, 0.2) is 0 Å². The van der Waals surface area contributed by atoms with E-state index in [2.05, 4.69) is 27.7 Å². The van der Waals surface area contributed by atoms with Crippen LogP contribution in [0.2, 0.25) is 0 Å². The maximum absolute atomic E-state index is 6.63. The van der Waals surface area contributed by atoms with Gasteiger partial charge >= 0.3 is 0 Å². The summed E-state index contributed by atoms with van der Waals surface area (Å²) in [6, 6.07) is 0. The number of hydrogen-bond acceptors (Lipinski definition) is 3. The zero-order valence-corrected chi connectivity index (χ0v) is 13.0. The van der Waals surface area contributed by atoms with E-state index in [0.29, 0.717) is 12.2 Å². The normalized spacial score (nSPS) is 31.6. The third-order valence-corrected chi connectivity index (χ3v) is 4.55. The lowest BCUT2D eigenvalue weighted by Crippen LogP contribution is -2.48. The highest BCUT2D eigenvalue weighted by atomic mass is 16.6. The molecule has 0 saturated carbocycles. The van der Waals surface area contributed by atoms with E-state index >= 15 is 0 Å². The average Bonchev–Trinajstić information content (AvgIpc) is 3.21. The number of epoxide rings is 2. The summed E-state index contributed by atoms with van der Waals surface area (Å²) in [4.78, 5) is 0. The monoisotopic (exact) mass is 270 g/mol. The molecule has 0 spiro atoms. The van der Waals surface area contributed by atoms with Gasteiger partial charge in [0.05, 0.1) is 24.4 Å². The van der Waals surface area contributed by atoms with Crippen molar-refractivity contribution in [1.29, 1.82) is 0 Å². The Morgan fingerprint density at radius 2 is 1.26 bits per heavy atom. The zero-order valence-electron chi connectivity index (χ0n) is 13.0. The van der Waals surface area contributed by atoms with Crippen LogP contribution in [0.4, 0.5) is 0 Å². The lowest BCUT2D eigenvalue weighted by atomic mass is 9.90. The topological polar surface area (TPSA) is 34.3 Å². The van der Waals surface area contributed by atoms with Gasteiger partial charge in [-0.2, -0.15) is 0 Å². The van der Waals surface area contributed by atoms with E-state index in [1.807, 2.05) is 0 Å². The van der Waals surface area contributed by atoms with Crippen LogP contribution in [0.5, 0.6) is 0 Å². The number of unbranched alkanes of at least 4 members (excludes halogenated alkanes) is 2. The Morgan fingerprint density at radius 1 is 0.895 bits per heavy atom.